The molecule has 0 unspecified atom stereocenters. The van der Waals surface area contributed by atoms with E-state index in [0.29, 0.717) is 23.2 Å². The maximum absolute atomic E-state index is 13.5. The lowest BCUT2D eigenvalue weighted by Crippen LogP contribution is -2.22. The third-order valence-corrected chi connectivity index (χ3v) is 6.31. The van der Waals surface area contributed by atoms with Crippen LogP contribution in [-0.4, -0.2) is 25.6 Å². The fourth-order valence-electron chi connectivity index (χ4n) is 3.38. The highest BCUT2D eigenvalue weighted by Crippen LogP contribution is 2.22. The third kappa shape index (κ3) is 5.51. The van der Waals surface area contributed by atoms with Crippen molar-refractivity contribution < 1.29 is 17.6 Å². The van der Waals surface area contributed by atoms with Gasteiger partial charge >= 0.3 is 0 Å². The van der Waals surface area contributed by atoms with Crippen LogP contribution >= 0.6 is 0 Å². The molecule has 0 saturated carbocycles. The number of amides is 1. The number of halogens is 1. The summed E-state index contributed by atoms with van der Waals surface area (Å²) >= 11 is 0. The van der Waals surface area contributed by atoms with Crippen molar-refractivity contribution in [3.8, 4) is 22.3 Å². The van der Waals surface area contributed by atoms with E-state index in [0.717, 1.165) is 16.7 Å². The zero-order valence-electron chi connectivity index (χ0n) is 17.8. The molecule has 0 spiro atoms. The van der Waals surface area contributed by atoms with Gasteiger partial charge in [0.15, 0.2) is 9.84 Å². The molecule has 0 radical (unpaired) electrons. The molecule has 0 aliphatic carbocycles. The van der Waals surface area contributed by atoms with E-state index < -0.39 is 9.84 Å². The summed E-state index contributed by atoms with van der Waals surface area (Å²) in [6, 6.07) is 22.2. The van der Waals surface area contributed by atoms with Crippen LogP contribution in [-0.2, 0) is 16.4 Å². The van der Waals surface area contributed by atoms with Crippen molar-refractivity contribution >= 4 is 15.7 Å². The second kappa shape index (κ2) is 9.34. The minimum atomic E-state index is -3.23. The minimum absolute atomic E-state index is 0.277. The molecule has 0 atom stereocenters. The van der Waals surface area contributed by atoms with E-state index in [-0.39, 0.29) is 16.6 Å². The van der Waals surface area contributed by atoms with E-state index >= 15 is 0 Å². The molecule has 0 fully saturated rings. The monoisotopic (exact) mass is 460 g/mol. The SMILES string of the molecule is CS(=O)(=O)c1ccc(-c2ccc(CNC(=O)c3cncc(-c4cccc(F)c4)c3)cc2)cc1. The Bertz CT molecular complexity index is 1400. The molecule has 5 nitrogen and oxygen atoms in total. The van der Waals surface area contributed by atoms with Crippen LogP contribution in [0.2, 0.25) is 0 Å². The summed E-state index contributed by atoms with van der Waals surface area (Å²) in [7, 11) is -3.23. The number of nitrogens with zero attached hydrogens (tertiary/aromatic N) is 1. The van der Waals surface area contributed by atoms with Crippen molar-refractivity contribution in [2.45, 2.75) is 11.4 Å². The van der Waals surface area contributed by atoms with Crippen LogP contribution in [0.3, 0.4) is 0 Å². The van der Waals surface area contributed by atoms with Crippen LogP contribution in [0.25, 0.3) is 22.3 Å². The van der Waals surface area contributed by atoms with Crippen LogP contribution in [0.1, 0.15) is 15.9 Å². The molecule has 166 valence electrons. The van der Waals surface area contributed by atoms with Crippen molar-refractivity contribution in [3.05, 3.63) is 108 Å². The van der Waals surface area contributed by atoms with Gasteiger partial charge in [0, 0.05) is 30.8 Å². The van der Waals surface area contributed by atoms with E-state index in [4.69, 9.17) is 0 Å². The number of rotatable bonds is 6. The van der Waals surface area contributed by atoms with Gasteiger partial charge in [-0.05, 0) is 52.6 Å². The van der Waals surface area contributed by atoms with Gasteiger partial charge in [0.2, 0.25) is 0 Å². The first kappa shape index (κ1) is 22.4. The van der Waals surface area contributed by atoms with E-state index in [1.165, 1.54) is 24.6 Å². The number of benzene rings is 3. The second-order valence-corrected chi connectivity index (χ2v) is 9.66. The van der Waals surface area contributed by atoms with Gasteiger partial charge in [-0.1, -0.05) is 48.5 Å². The molecule has 7 heteroatoms. The standard InChI is InChI=1S/C26H21FN2O3S/c1-33(31,32)25-11-9-20(10-12-25)19-7-5-18(6-8-19)15-29-26(30)23-13-22(16-28-17-23)21-3-2-4-24(27)14-21/h2-14,16-17H,15H2,1H3,(H,29,30). The zero-order valence-corrected chi connectivity index (χ0v) is 18.6. The van der Waals surface area contributed by atoms with Crippen LogP contribution in [0, 0.1) is 5.82 Å². The van der Waals surface area contributed by atoms with E-state index in [2.05, 4.69) is 10.3 Å². The smallest absolute Gasteiger partial charge is 0.253 e. The highest BCUT2D eigenvalue weighted by Gasteiger charge is 2.10. The predicted octanol–water partition coefficient (Wildman–Crippen LogP) is 4.89. The van der Waals surface area contributed by atoms with Crippen molar-refractivity contribution in [1.29, 1.82) is 0 Å². The van der Waals surface area contributed by atoms with Gasteiger partial charge in [0.05, 0.1) is 10.5 Å². The Morgan fingerprint density at radius 3 is 2.15 bits per heavy atom. The van der Waals surface area contributed by atoms with Crippen molar-refractivity contribution in [2.24, 2.45) is 0 Å². The lowest BCUT2D eigenvalue weighted by Gasteiger charge is -2.08. The molecule has 1 heterocycles. The van der Waals surface area contributed by atoms with Gasteiger partial charge in [-0.3, -0.25) is 9.78 Å². The molecule has 1 N–H and O–H groups in total. The number of carbonyl (C=O) groups excluding carboxylic acids is 1. The van der Waals surface area contributed by atoms with Gasteiger partial charge < -0.3 is 5.32 Å². The topological polar surface area (TPSA) is 76.1 Å². The minimum Gasteiger partial charge on any atom is -0.348 e. The molecule has 0 aliphatic heterocycles. The molecular weight excluding hydrogens is 439 g/mol. The summed E-state index contributed by atoms with van der Waals surface area (Å²) in [6.07, 6.45) is 4.24. The van der Waals surface area contributed by atoms with E-state index in [1.54, 1.807) is 48.7 Å². The average Bonchev–Trinajstić information content (AvgIpc) is 2.82. The summed E-state index contributed by atoms with van der Waals surface area (Å²) in [5.74, 6) is -0.627. The fraction of sp³-hybridized carbons (Fsp3) is 0.0769. The first-order chi connectivity index (χ1) is 15.8. The maximum Gasteiger partial charge on any atom is 0.253 e. The quantitative estimate of drug-likeness (QED) is 0.445. The Hall–Kier alpha value is -3.84. The molecule has 0 bridgehead atoms. The largest absolute Gasteiger partial charge is 0.348 e. The molecule has 1 aromatic heterocycles. The molecule has 3 aromatic carbocycles. The molecule has 0 saturated heterocycles. The van der Waals surface area contributed by atoms with Gasteiger partial charge in [-0.2, -0.15) is 0 Å². The highest BCUT2D eigenvalue weighted by molar-refractivity contribution is 7.90. The van der Waals surface area contributed by atoms with Crippen molar-refractivity contribution in [1.82, 2.24) is 10.3 Å². The van der Waals surface area contributed by atoms with E-state index in [1.807, 2.05) is 24.3 Å². The fourth-order valence-corrected chi connectivity index (χ4v) is 4.01. The second-order valence-electron chi connectivity index (χ2n) is 7.65. The Balaban J connectivity index is 1.41. The van der Waals surface area contributed by atoms with Crippen molar-refractivity contribution in [2.75, 3.05) is 6.26 Å². The Morgan fingerprint density at radius 2 is 1.52 bits per heavy atom. The number of aromatic nitrogens is 1. The van der Waals surface area contributed by atoms with Crippen molar-refractivity contribution in [3.63, 3.8) is 0 Å². The molecule has 4 aromatic rings. The zero-order chi connectivity index (χ0) is 23.4. The number of sulfone groups is 1. The van der Waals surface area contributed by atoms with Crippen LogP contribution in [0.4, 0.5) is 4.39 Å². The van der Waals surface area contributed by atoms with Gasteiger partial charge in [-0.25, -0.2) is 12.8 Å². The lowest BCUT2D eigenvalue weighted by atomic mass is 10.0. The maximum atomic E-state index is 13.5. The van der Waals surface area contributed by atoms with Crippen LogP contribution in [0.15, 0.2) is 96.2 Å². The molecule has 1 amide bonds. The summed E-state index contributed by atoms with van der Waals surface area (Å²) in [5.41, 5.74) is 4.45. The molecule has 0 aliphatic rings. The number of hydrogen-bond acceptors (Lipinski definition) is 4. The first-order valence-corrected chi connectivity index (χ1v) is 12.1. The van der Waals surface area contributed by atoms with Crippen LogP contribution in [0.5, 0.6) is 0 Å². The summed E-state index contributed by atoms with van der Waals surface area (Å²) < 4.78 is 36.7. The lowest BCUT2D eigenvalue weighted by molar-refractivity contribution is 0.0950. The highest BCUT2D eigenvalue weighted by atomic mass is 32.2. The predicted molar refractivity (Wildman–Crippen MR) is 126 cm³/mol. The van der Waals surface area contributed by atoms with Gasteiger partial charge in [-0.15, -0.1) is 0 Å². The molecule has 33 heavy (non-hydrogen) atoms. The van der Waals surface area contributed by atoms with Crippen LogP contribution < -0.4 is 5.32 Å². The molecule has 4 rings (SSSR count). The number of nitrogens with one attached hydrogen (secondary N) is 1. The van der Waals surface area contributed by atoms with E-state index in [9.17, 15) is 17.6 Å². The summed E-state index contributed by atoms with van der Waals surface area (Å²) in [4.78, 5) is 17.0. The Morgan fingerprint density at radius 1 is 0.848 bits per heavy atom. The number of pyridine rings is 1. The molecular formula is C26H21FN2O3S. The first-order valence-electron chi connectivity index (χ1n) is 10.2. The number of carbonyl (C=O) groups is 1. The Kier molecular flexibility index (Phi) is 6.33. The van der Waals surface area contributed by atoms with Gasteiger partial charge in [0.1, 0.15) is 5.82 Å². The summed E-state index contributed by atoms with van der Waals surface area (Å²) in [6.45, 7) is 0.330. The normalized spacial score (nSPS) is 11.2. The third-order valence-electron chi connectivity index (χ3n) is 5.18. The Labute approximate surface area is 191 Å². The van der Waals surface area contributed by atoms with Gasteiger partial charge in [0.25, 0.3) is 5.91 Å². The summed E-state index contributed by atoms with van der Waals surface area (Å²) in [5, 5.41) is 2.87. The number of hydrogen-bond donors (Lipinski definition) is 1. The average molecular weight is 461 g/mol.